The van der Waals surface area contributed by atoms with E-state index in [4.69, 9.17) is 9.47 Å². The Labute approximate surface area is 95.3 Å². The highest BCUT2D eigenvalue weighted by Gasteiger charge is 2.49. The summed E-state index contributed by atoms with van der Waals surface area (Å²) >= 11 is 0. The van der Waals surface area contributed by atoms with Gasteiger partial charge in [0.15, 0.2) is 0 Å². The van der Waals surface area contributed by atoms with Gasteiger partial charge < -0.3 is 9.47 Å². The first-order chi connectivity index (χ1) is 7.63. The SMILES string of the molecule is CCCC(=O)OC1C2CCC(C(=O)O2)C1C. The van der Waals surface area contributed by atoms with Gasteiger partial charge >= 0.3 is 11.9 Å². The van der Waals surface area contributed by atoms with E-state index in [1.54, 1.807) is 0 Å². The predicted octanol–water partition coefficient (Wildman–Crippen LogP) is 1.67. The van der Waals surface area contributed by atoms with E-state index >= 15 is 0 Å². The van der Waals surface area contributed by atoms with Crippen LogP contribution in [0.1, 0.15) is 39.5 Å². The van der Waals surface area contributed by atoms with Crippen LogP contribution in [0.2, 0.25) is 0 Å². The second-order valence-electron chi connectivity index (χ2n) is 4.72. The van der Waals surface area contributed by atoms with Crippen LogP contribution in [0.3, 0.4) is 0 Å². The van der Waals surface area contributed by atoms with Gasteiger partial charge in [-0.2, -0.15) is 0 Å². The molecule has 3 fully saturated rings. The van der Waals surface area contributed by atoms with Crippen molar-refractivity contribution in [3.63, 3.8) is 0 Å². The third kappa shape index (κ3) is 1.93. The van der Waals surface area contributed by atoms with E-state index in [-0.39, 0.29) is 36.0 Å². The Bertz CT molecular complexity index is 297. The van der Waals surface area contributed by atoms with Gasteiger partial charge in [-0.25, -0.2) is 0 Å². The molecule has 0 radical (unpaired) electrons. The maximum Gasteiger partial charge on any atom is 0.309 e. The molecule has 4 heteroatoms. The van der Waals surface area contributed by atoms with E-state index in [9.17, 15) is 9.59 Å². The van der Waals surface area contributed by atoms with Crippen LogP contribution in [0.25, 0.3) is 0 Å². The van der Waals surface area contributed by atoms with E-state index < -0.39 is 0 Å². The summed E-state index contributed by atoms with van der Waals surface area (Å²) in [4.78, 5) is 22.9. The van der Waals surface area contributed by atoms with Gasteiger partial charge in [0.05, 0.1) is 5.92 Å². The Morgan fingerprint density at radius 3 is 2.81 bits per heavy atom. The number of carbonyl (C=O) groups is 2. The van der Waals surface area contributed by atoms with Gasteiger partial charge in [0.1, 0.15) is 12.2 Å². The maximum absolute atomic E-state index is 11.5. The zero-order valence-electron chi connectivity index (χ0n) is 9.77. The molecule has 16 heavy (non-hydrogen) atoms. The molecule has 1 aliphatic carbocycles. The van der Waals surface area contributed by atoms with E-state index in [1.165, 1.54) is 0 Å². The fraction of sp³-hybridized carbons (Fsp3) is 0.833. The van der Waals surface area contributed by atoms with Crippen molar-refractivity contribution >= 4 is 11.9 Å². The lowest BCUT2D eigenvalue weighted by molar-refractivity contribution is -0.205. The van der Waals surface area contributed by atoms with Gasteiger partial charge in [0.25, 0.3) is 0 Å². The number of hydrogen-bond donors (Lipinski definition) is 0. The van der Waals surface area contributed by atoms with Gasteiger partial charge in [-0.15, -0.1) is 0 Å². The molecule has 2 bridgehead atoms. The molecule has 4 atom stereocenters. The zero-order valence-corrected chi connectivity index (χ0v) is 9.77. The number of fused-ring (bicyclic) bond motifs is 3. The molecule has 0 aromatic carbocycles. The quantitative estimate of drug-likeness (QED) is 0.687. The van der Waals surface area contributed by atoms with Crippen LogP contribution in [0, 0.1) is 11.8 Å². The minimum absolute atomic E-state index is 0.0792. The monoisotopic (exact) mass is 226 g/mol. The fourth-order valence-corrected chi connectivity index (χ4v) is 2.63. The molecule has 2 aliphatic heterocycles. The summed E-state index contributed by atoms with van der Waals surface area (Å²) in [6.07, 6.45) is 2.48. The van der Waals surface area contributed by atoms with Crippen LogP contribution >= 0.6 is 0 Å². The van der Waals surface area contributed by atoms with Crippen molar-refractivity contribution < 1.29 is 19.1 Å². The van der Waals surface area contributed by atoms with Crippen molar-refractivity contribution in [3.8, 4) is 0 Å². The summed E-state index contributed by atoms with van der Waals surface area (Å²) in [7, 11) is 0. The highest BCUT2D eigenvalue weighted by atomic mass is 16.6. The molecular weight excluding hydrogens is 208 g/mol. The Hall–Kier alpha value is -1.06. The van der Waals surface area contributed by atoms with Crippen molar-refractivity contribution in [2.45, 2.75) is 51.7 Å². The second kappa shape index (κ2) is 4.44. The van der Waals surface area contributed by atoms with Gasteiger partial charge in [0, 0.05) is 12.3 Å². The van der Waals surface area contributed by atoms with Gasteiger partial charge in [-0.1, -0.05) is 13.8 Å². The van der Waals surface area contributed by atoms with Crippen molar-refractivity contribution in [1.29, 1.82) is 0 Å². The van der Waals surface area contributed by atoms with E-state index in [0.717, 1.165) is 19.3 Å². The van der Waals surface area contributed by atoms with E-state index in [2.05, 4.69) is 0 Å². The fourth-order valence-electron chi connectivity index (χ4n) is 2.63. The highest BCUT2D eigenvalue weighted by Crippen LogP contribution is 2.40. The van der Waals surface area contributed by atoms with Crippen LogP contribution in [-0.2, 0) is 19.1 Å². The number of hydrogen-bond acceptors (Lipinski definition) is 4. The summed E-state index contributed by atoms with van der Waals surface area (Å²) < 4.78 is 10.6. The normalized spacial score (nSPS) is 37.0. The van der Waals surface area contributed by atoms with Crippen LogP contribution < -0.4 is 0 Å². The summed E-state index contributed by atoms with van der Waals surface area (Å²) in [5.74, 6) is -0.278. The van der Waals surface area contributed by atoms with Gasteiger partial charge in [0.2, 0.25) is 0 Å². The Morgan fingerprint density at radius 2 is 2.25 bits per heavy atom. The Kier molecular flexibility index (Phi) is 3.17. The zero-order chi connectivity index (χ0) is 11.7. The lowest BCUT2D eigenvalue weighted by Crippen LogP contribution is -2.54. The summed E-state index contributed by atoms with van der Waals surface area (Å²) in [6, 6.07) is 0. The minimum atomic E-state index is -0.226. The molecule has 2 heterocycles. The molecule has 2 saturated heterocycles. The lowest BCUT2D eigenvalue weighted by Gasteiger charge is -2.44. The first-order valence-corrected chi connectivity index (χ1v) is 6.03. The topological polar surface area (TPSA) is 52.6 Å². The first-order valence-electron chi connectivity index (χ1n) is 6.03. The van der Waals surface area contributed by atoms with Crippen LogP contribution in [0.4, 0.5) is 0 Å². The van der Waals surface area contributed by atoms with Crippen molar-refractivity contribution in [3.05, 3.63) is 0 Å². The van der Waals surface area contributed by atoms with Crippen LogP contribution in [0.15, 0.2) is 0 Å². The molecular formula is C12H18O4. The predicted molar refractivity (Wildman–Crippen MR) is 56.6 cm³/mol. The standard InChI is InChI=1S/C12H18O4/c1-3-4-10(13)16-11-7(2)8-5-6-9(11)15-12(8)14/h7-9,11H,3-6H2,1-2H3. The van der Waals surface area contributed by atoms with Crippen LogP contribution in [-0.4, -0.2) is 24.1 Å². The minimum Gasteiger partial charge on any atom is -0.458 e. The van der Waals surface area contributed by atoms with E-state index in [1.807, 2.05) is 13.8 Å². The lowest BCUT2D eigenvalue weighted by atomic mass is 9.74. The second-order valence-corrected chi connectivity index (χ2v) is 4.72. The number of ether oxygens (including phenoxy) is 2. The molecule has 0 N–H and O–H groups in total. The average Bonchev–Trinajstić information content (AvgIpc) is 2.23. The molecule has 0 spiro atoms. The molecule has 3 rings (SSSR count). The maximum atomic E-state index is 11.5. The van der Waals surface area contributed by atoms with Crippen molar-refractivity contribution in [2.75, 3.05) is 0 Å². The largest absolute Gasteiger partial charge is 0.458 e. The molecule has 1 saturated carbocycles. The highest BCUT2D eigenvalue weighted by molar-refractivity contribution is 5.75. The number of rotatable bonds is 3. The summed E-state index contributed by atoms with van der Waals surface area (Å²) in [5, 5.41) is 0. The average molecular weight is 226 g/mol. The van der Waals surface area contributed by atoms with Crippen LogP contribution in [0.5, 0.6) is 0 Å². The summed E-state index contributed by atoms with van der Waals surface area (Å²) in [5.41, 5.74) is 0. The Morgan fingerprint density at radius 1 is 1.50 bits per heavy atom. The molecule has 0 aromatic rings. The third-order valence-electron chi connectivity index (χ3n) is 3.57. The van der Waals surface area contributed by atoms with Crippen molar-refractivity contribution in [2.24, 2.45) is 11.8 Å². The van der Waals surface area contributed by atoms with Gasteiger partial charge in [-0.05, 0) is 19.3 Å². The smallest absolute Gasteiger partial charge is 0.309 e. The molecule has 0 aromatic heterocycles. The van der Waals surface area contributed by atoms with Crippen molar-refractivity contribution in [1.82, 2.24) is 0 Å². The molecule has 4 unspecified atom stereocenters. The molecule has 90 valence electrons. The number of carbonyl (C=O) groups excluding carboxylic acids is 2. The molecule has 4 nitrogen and oxygen atoms in total. The first kappa shape index (κ1) is 11.4. The molecule has 3 aliphatic rings. The summed E-state index contributed by atoms with van der Waals surface area (Å²) in [6.45, 7) is 3.92. The Balaban J connectivity index is 2.00. The molecule has 0 amide bonds. The van der Waals surface area contributed by atoms with E-state index in [0.29, 0.717) is 6.42 Å². The number of esters is 2. The third-order valence-corrected chi connectivity index (χ3v) is 3.57. The van der Waals surface area contributed by atoms with Gasteiger partial charge in [-0.3, -0.25) is 9.59 Å².